The molecule has 1 aliphatic rings. The van der Waals surface area contributed by atoms with Crippen LogP contribution in [0.15, 0.2) is 41.3 Å². The number of nitrogens with one attached hydrogen (secondary N) is 1. The largest absolute Gasteiger partial charge is 0.379 e. The summed E-state index contributed by atoms with van der Waals surface area (Å²) in [6.07, 6.45) is 0. The van der Waals surface area contributed by atoms with Crippen LogP contribution in [0.3, 0.4) is 0 Å². The highest BCUT2D eigenvalue weighted by atomic mass is 35.5. The lowest BCUT2D eigenvalue weighted by atomic mass is 10.0. The molecule has 1 unspecified atom stereocenters. The molecule has 6 nitrogen and oxygen atoms in total. The molecule has 0 bridgehead atoms. The minimum absolute atomic E-state index is 0.0754. The average Bonchev–Trinajstić information content (AvgIpc) is 2.72. The van der Waals surface area contributed by atoms with Gasteiger partial charge in [0.25, 0.3) is 0 Å². The van der Waals surface area contributed by atoms with Gasteiger partial charge in [-0.05, 0) is 54.8 Å². The fourth-order valence-corrected chi connectivity index (χ4v) is 5.22. The van der Waals surface area contributed by atoms with Crippen LogP contribution in [0.4, 0.5) is 5.69 Å². The standard InChI is InChI=1S/C22H30ClN3O3S/c1-16-14-22(17(2)13-20(16)23)30(27,28)24-15-21(26-9-11-29-12-10-26)18-5-7-19(8-6-18)25(3)4/h5-8,13-14,21,24H,9-12,15H2,1-4H3. The second-order valence-electron chi connectivity index (χ2n) is 7.87. The Kier molecular flexibility index (Phi) is 7.42. The van der Waals surface area contributed by atoms with Crippen molar-refractivity contribution in [2.45, 2.75) is 24.8 Å². The molecule has 1 N–H and O–H groups in total. The topological polar surface area (TPSA) is 61.9 Å². The molecule has 0 aliphatic carbocycles. The van der Waals surface area contributed by atoms with Crippen LogP contribution in [-0.4, -0.2) is 60.3 Å². The summed E-state index contributed by atoms with van der Waals surface area (Å²) in [6, 6.07) is 11.5. The molecule has 1 saturated heterocycles. The minimum atomic E-state index is -3.67. The van der Waals surface area contributed by atoms with E-state index in [2.05, 4.69) is 33.9 Å². The number of morpholine rings is 1. The molecule has 2 aromatic rings. The summed E-state index contributed by atoms with van der Waals surface area (Å²) in [5.74, 6) is 0. The predicted octanol–water partition coefficient (Wildman–Crippen LogP) is 3.37. The van der Waals surface area contributed by atoms with E-state index in [-0.39, 0.29) is 17.5 Å². The highest BCUT2D eigenvalue weighted by Gasteiger charge is 2.26. The summed E-state index contributed by atoms with van der Waals surface area (Å²) >= 11 is 6.14. The van der Waals surface area contributed by atoms with Crippen LogP contribution in [-0.2, 0) is 14.8 Å². The van der Waals surface area contributed by atoms with Gasteiger partial charge in [-0.1, -0.05) is 23.7 Å². The third-order valence-electron chi connectivity index (χ3n) is 5.49. The Morgan fingerprint density at radius 2 is 1.73 bits per heavy atom. The molecule has 1 heterocycles. The number of aryl methyl sites for hydroxylation is 2. The molecule has 8 heteroatoms. The zero-order valence-electron chi connectivity index (χ0n) is 18.0. The number of rotatable bonds is 7. The van der Waals surface area contributed by atoms with Gasteiger partial charge in [-0.15, -0.1) is 0 Å². The molecule has 1 aliphatic heterocycles. The van der Waals surface area contributed by atoms with E-state index in [0.717, 1.165) is 29.9 Å². The Bertz CT molecular complexity index is 972. The summed E-state index contributed by atoms with van der Waals surface area (Å²) in [6.45, 7) is 6.68. The van der Waals surface area contributed by atoms with Crippen LogP contribution in [0.5, 0.6) is 0 Å². The molecule has 0 spiro atoms. The Morgan fingerprint density at radius 3 is 2.33 bits per heavy atom. The van der Waals surface area contributed by atoms with Gasteiger partial charge in [-0.2, -0.15) is 0 Å². The van der Waals surface area contributed by atoms with Crippen LogP contribution >= 0.6 is 11.6 Å². The van der Waals surface area contributed by atoms with Crippen molar-refractivity contribution in [1.82, 2.24) is 9.62 Å². The number of hydrogen-bond donors (Lipinski definition) is 1. The van der Waals surface area contributed by atoms with Gasteiger partial charge in [0.2, 0.25) is 10.0 Å². The summed E-state index contributed by atoms with van der Waals surface area (Å²) in [4.78, 5) is 4.59. The Labute approximate surface area is 184 Å². The van der Waals surface area contributed by atoms with Gasteiger partial charge in [0.05, 0.1) is 18.1 Å². The highest BCUT2D eigenvalue weighted by Crippen LogP contribution is 2.26. The number of hydrogen-bond acceptors (Lipinski definition) is 5. The predicted molar refractivity (Wildman–Crippen MR) is 122 cm³/mol. The molecule has 0 radical (unpaired) electrons. The number of anilines is 1. The van der Waals surface area contributed by atoms with Crippen molar-refractivity contribution in [2.75, 3.05) is 51.8 Å². The Balaban J connectivity index is 1.85. The van der Waals surface area contributed by atoms with E-state index in [1.807, 2.05) is 25.9 Å². The van der Waals surface area contributed by atoms with Crippen molar-refractivity contribution in [1.29, 1.82) is 0 Å². The van der Waals surface area contributed by atoms with Crippen molar-refractivity contribution >= 4 is 27.3 Å². The van der Waals surface area contributed by atoms with E-state index < -0.39 is 10.0 Å². The van der Waals surface area contributed by atoms with Crippen LogP contribution in [0.25, 0.3) is 0 Å². The van der Waals surface area contributed by atoms with Gasteiger partial charge in [-0.3, -0.25) is 4.90 Å². The van der Waals surface area contributed by atoms with Crippen molar-refractivity contribution < 1.29 is 13.2 Å². The number of benzene rings is 2. The lowest BCUT2D eigenvalue weighted by Crippen LogP contribution is -2.43. The van der Waals surface area contributed by atoms with Crippen molar-refractivity contribution in [3.63, 3.8) is 0 Å². The van der Waals surface area contributed by atoms with E-state index in [4.69, 9.17) is 16.3 Å². The van der Waals surface area contributed by atoms with Crippen LogP contribution in [0, 0.1) is 13.8 Å². The Morgan fingerprint density at radius 1 is 1.10 bits per heavy atom. The van der Waals surface area contributed by atoms with E-state index in [1.165, 1.54) is 0 Å². The lowest BCUT2D eigenvalue weighted by Gasteiger charge is -2.35. The summed E-state index contributed by atoms with van der Waals surface area (Å²) < 4.78 is 34.5. The summed E-state index contributed by atoms with van der Waals surface area (Å²) in [5.41, 5.74) is 3.56. The summed E-state index contributed by atoms with van der Waals surface area (Å²) in [7, 11) is 0.330. The summed E-state index contributed by atoms with van der Waals surface area (Å²) in [5, 5.41) is 0.568. The first-order chi connectivity index (χ1) is 14.2. The quantitative estimate of drug-likeness (QED) is 0.699. The van der Waals surface area contributed by atoms with Gasteiger partial charge in [0, 0.05) is 50.5 Å². The smallest absolute Gasteiger partial charge is 0.240 e. The first-order valence-corrected chi connectivity index (χ1v) is 11.9. The highest BCUT2D eigenvalue weighted by molar-refractivity contribution is 7.89. The fourth-order valence-electron chi connectivity index (χ4n) is 3.65. The number of halogens is 1. The van der Waals surface area contributed by atoms with Crippen LogP contribution < -0.4 is 9.62 Å². The van der Waals surface area contributed by atoms with Crippen LogP contribution in [0.1, 0.15) is 22.7 Å². The van der Waals surface area contributed by atoms with E-state index >= 15 is 0 Å². The first kappa shape index (κ1) is 23.0. The molecule has 30 heavy (non-hydrogen) atoms. The SMILES string of the molecule is Cc1cc(S(=O)(=O)NCC(c2ccc(N(C)C)cc2)N2CCOCC2)c(C)cc1Cl. The number of ether oxygens (including phenoxy) is 1. The molecule has 0 amide bonds. The zero-order valence-corrected chi connectivity index (χ0v) is 19.6. The number of sulfonamides is 1. The second kappa shape index (κ2) is 9.66. The molecule has 164 valence electrons. The normalized spacial score (nSPS) is 16.4. The molecular formula is C22H30ClN3O3S. The monoisotopic (exact) mass is 451 g/mol. The Hall–Kier alpha value is -1.64. The van der Waals surface area contributed by atoms with Gasteiger partial charge < -0.3 is 9.64 Å². The van der Waals surface area contributed by atoms with Crippen molar-refractivity contribution in [2.24, 2.45) is 0 Å². The maximum Gasteiger partial charge on any atom is 0.240 e. The van der Waals surface area contributed by atoms with Crippen molar-refractivity contribution in [3.05, 3.63) is 58.1 Å². The van der Waals surface area contributed by atoms with E-state index in [0.29, 0.717) is 23.8 Å². The third-order valence-corrected chi connectivity index (χ3v) is 7.47. The molecule has 0 saturated carbocycles. The van der Waals surface area contributed by atoms with E-state index in [9.17, 15) is 8.42 Å². The maximum absolute atomic E-state index is 13.1. The van der Waals surface area contributed by atoms with Gasteiger partial charge in [0.15, 0.2) is 0 Å². The van der Waals surface area contributed by atoms with Gasteiger partial charge in [-0.25, -0.2) is 13.1 Å². The average molecular weight is 452 g/mol. The molecule has 0 aromatic heterocycles. The zero-order chi connectivity index (χ0) is 21.9. The molecule has 3 rings (SSSR count). The first-order valence-electron chi connectivity index (χ1n) is 10.0. The minimum Gasteiger partial charge on any atom is -0.379 e. The van der Waals surface area contributed by atoms with Crippen LogP contribution in [0.2, 0.25) is 5.02 Å². The molecule has 2 aromatic carbocycles. The van der Waals surface area contributed by atoms with E-state index in [1.54, 1.807) is 19.1 Å². The van der Waals surface area contributed by atoms with Gasteiger partial charge >= 0.3 is 0 Å². The van der Waals surface area contributed by atoms with Crippen molar-refractivity contribution in [3.8, 4) is 0 Å². The second-order valence-corrected chi connectivity index (χ2v) is 10.0. The molecule has 1 fully saturated rings. The molecule has 1 atom stereocenters. The molecular weight excluding hydrogens is 422 g/mol. The van der Waals surface area contributed by atoms with Gasteiger partial charge in [0.1, 0.15) is 0 Å². The number of nitrogens with zero attached hydrogens (tertiary/aromatic N) is 2. The fraction of sp³-hybridized carbons (Fsp3) is 0.455. The maximum atomic E-state index is 13.1. The third kappa shape index (κ3) is 5.34. The lowest BCUT2D eigenvalue weighted by molar-refractivity contribution is 0.0172.